The van der Waals surface area contributed by atoms with E-state index in [0.717, 1.165) is 17.4 Å². The Morgan fingerprint density at radius 2 is 1.43 bits per heavy atom. The van der Waals surface area contributed by atoms with Crippen LogP contribution in [0, 0.1) is 13.8 Å². The molecule has 0 unspecified atom stereocenters. The average molecular weight is 354 g/mol. The van der Waals surface area contributed by atoms with Crippen molar-refractivity contribution in [3.8, 4) is 0 Å². The third-order valence-electron chi connectivity index (χ3n) is 3.11. The van der Waals surface area contributed by atoms with Crippen molar-refractivity contribution in [2.75, 3.05) is 15.7 Å². The molecule has 0 aliphatic rings. The van der Waals surface area contributed by atoms with Gasteiger partial charge in [-0.15, -0.1) is 0 Å². The van der Waals surface area contributed by atoms with Crippen LogP contribution in [0.15, 0.2) is 47.4 Å². The first-order chi connectivity index (χ1) is 10.6. The van der Waals surface area contributed by atoms with Crippen molar-refractivity contribution < 1.29 is 16.8 Å². The van der Waals surface area contributed by atoms with Crippen molar-refractivity contribution in [2.24, 2.45) is 0 Å². The summed E-state index contributed by atoms with van der Waals surface area (Å²) in [4.78, 5) is 0.0532. The van der Waals surface area contributed by atoms with Gasteiger partial charge in [-0.1, -0.05) is 12.1 Å². The lowest BCUT2D eigenvalue weighted by molar-refractivity contribution is 0.601. The van der Waals surface area contributed by atoms with Gasteiger partial charge < -0.3 is 0 Å². The van der Waals surface area contributed by atoms with Gasteiger partial charge in [0.1, 0.15) is 0 Å². The van der Waals surface area contributed by atoms with E-state index in [0.29, 0.717) is 11.4 Å². The van der Waals surface area contributed by atoms with Crippen LogP contribution < -0.4 is 9.44 Å². The molecule has 0 spiro atoms. The van der Waals surface area contributed by atoms with E-state index >= 15 is 0 Å². The minimum absolute atomic E-state index is 0.0532. The second-order valence-corrected chi connectivity index (χ2v) is 8.75. The lowest BCUT2D eigenvalue weighted by Gasteiger charge is -2.12. The molecule has 0 saturated heterocycles. The quantitative estimate of drug-likeness (QED) is 0.863. The highest BCUT2D eigenvalue weighted by Crippen LogP contribution is 2.22. The summed E-state index contributed by atoms with van der Waals surface area (Å²) >= 11 is 0. The second-order valence-electron chi connectivity index (χ2n) is 5.32. The fraction of sp³-hybridized carbons (Fsp3) is 0.200. The van der Waals surface area contributed by atoms with E-state index in [2.05, 4.69) is 9.44 Å². The maximum Gasteiger partial charge on any atom is 0.261 e. The third-order valence-corrected chi connectivity index (χ3v) is 5.09. The van der Waals surface area contributed by atoms with E-state index in [1.54, 1.807) is 6.07 Å². The molecule has 2 rings (SSSR count). The van der Waals surface area contributed by atoms with Crippen LogP contribution in [-0.2, 0) is 20.0 Å². The summed E-state index contributed by atoms with van der Waals surface area (Å²) in [6.07, 6.45) is 1.03. The normalized spacial score (nSPS) is 12.0. The Kier molecular flexibility index (Phi) is 4.67. The van der Waals surface area contributed by atoms with E-state index < -0.39 is 20.0 Å². The summed E-state index contributed by atoms with van der Waals surface area (Å²) in [5.74, 6) is 0. The molecule has 2 aromatic carbocycles. The monoisotopic (exact) mass is 354 g/mol. The number of aryl methyl sites for hydroxylation is 2. The molecule has 0 radical (unpaired) electrons. The first-order valence-electron chi connectivity index (χ1n) is 6.75. The van der Waals surface area contributed by atoms with Gasteiger partial charge in [-0.2, -0.15) is 0 Å². The van der Waals surface area contributed by atoms with Gasteiger partial charge in [0.05, 0.1) is 16.8 Å². The summed E-state index contributed by atoms with van der Waals surface area (Å²) in [5.41, 5.74) is 2.58. The summed E-state index contributed by atoms with van der Waals surface area (Å²) in [7, 11) is -7.14. The highest BCUT2D eigenvalue weighted by molar-refractivity contribution is 7.92. The second kappa shape index (κ2) is 6.21. The van der Waals surface area contributed by atoms with E-state index in [1.165, 1.54) is 24.3 Å². The van der Waals surface area contributed by atoms with Crippen molar-refractivity contribution in [3.05, 3.63) is 53.6 Å². The lowest BCUT2D eigenvalue weighted by Crippen LogP contribution is -2.14. The molecule has 0 aliphatic heterocycles. The Bertz CT molecular complexity index is 918. The number of benzene rings is 2. The summed E-state index contributed by atoms with van der Waals surface area (Å²) < 4.78 is 52.0. The van der Waals surface area contributed by atoms with Gasteiger partial charge in [0.15, 0.2) is 0 Å². The first-order valence-corrected chi connectivity index (χ1v) is 10.1. The predicted molar refractivity (Wildman–Crippen MR) is 91.6 cm³/mol. The van der Waals surface area contributed by atoms with Gasteiger partial charge in [0, 0.05) is 5.69 Å². The lowest BCUT2D eigenvalue weighted by atomic mass is 10.1. The minimum atomic E-state index is -3.74. The Hall–Kier alpha value is -2.06. The molecule has 0 atom stereocenters. The molecule has 124 valence electrons. The van der Waals surface area contributed by atoms with Crippen LogP contribution in [0.1, 0.15) is 11.1 Å². The topological polar surface area (TPSA) is 92.3 Å². The zero-order valence-electron chi connectivity index (χ0n) is 13.0. The van der Waals surface area contributed by atoms with E-state index in [1.807, 2.05) is 26.0 Å². The molecule has 2 aromatic rings. The molecule has 0 heterocycles. The SMILES string of the molecule is Cc1ccc(C)c(NS(=O)(=O)c2ccc(NS(C)(=O)=O)cc2)c1. The number of sulfonamides is 2. The number of anilines is 2. The van der Waals surface area contributed by atoms with E-state index in [4.69, 9.17) is 0 Å². The van der Waals surface area contributed by atoms with Crippen LogP contribution in [0.2, 0.25) is 0 Å². The van der Waals surface area contributed by atoms with E-state index in [9.17, 15) is 16.8 Å². The first kappa shape index (κ1) is 17.3. The largest absolute Gasteiger partial charge is 0.284 e. The maximum absolute atomic E-state index is 12.4. The zero-order chi connectivity index (χ0) is 17.3. The Labute approximate surface area is 136 Å². The number of hydrogen-bond acceptors (Lipinski definition) is 4. The highest BCUT2D eigenvalue weighted by atomic mass is 32.2. The van der Waals surface area contributed by atoms with Gasteiger partial charge in [0.2, 0.25) is 10.0 Å². The van der Waals surface area contributed by atoms with Crippen LogP contribution in [0.4, 0.5) is 11.4 Å². The van der Waals surface area contributed by atoms with Gasteiger partial charge in [-0.25, -0.2) is 16.8 Å². The summed E-state index contributed by atoms with van der Waals surface area (Å²) in [5, 5.41) is 0. The minimum Gasteiger partial charge on any atom is -0.284 e. The van der Waals surface area contributed by atoms with Crippen LogP contribution in [0.3, 0.4) is 0 Å². The van der Waals surface area contributed by atoms with Crippen molar-refractivity contribution in [2.45, 2.75) is 18.7 Å². The van der Waals surface area contributed by atoms with Crippen LogP contribution >= 0.6 is 0 Å². The smallest absolute Gasteiger partial charge is 0.261 e. The fourth-order valence-electron chi connectivity index (χ4n) is 1.97. The van der Waals surface area contributed by atoms with Crippen molar-refractivity contribution in [1.29, 1.82) is 0 Å². The highest BCUT2D eigenvalue weighted by Gasteiger charge is 2.15. The van der Waals surface area contributed by atoms with Crippen LogP contribution in [0.5, 0.6) is 0 Å². The average Bonchev–Trinajstić information content (AvgIpc) is 2.41. The fourth-order valence-corrected chi connectivity index (χ4v) is 3.65. The standard InChI is InChI=1S/C15H18N2O4S2/c1-11-4-5-12(2)15(10-11)17-23(20,21)14-8-6-13(7-9-14)16-22(3,18)19/h4-10,16-17H,1-3H3. The van der Waals surface area contributed by atoms with Gasteiger partial charge >= 0.3 is 0 Å². The molecule has 0 saturated carbocycles. The molecular weight excluding hydrogens is 336 g/mol. The Balaban J connectivity index is 2.28. The summed E-state index contributed by atoms with van der Waals surface area (Å²) in [6, 6.07) is 11.0. The predicted octanol–water partition coefficient (Wildman–Crippen LogP) is 2.48. The molecule has 0 fully saturated rings. The maximum atomic E-state index is 12.4. The molecule has 0 aliphatic carbocycles. The number of nitrogens with one attached hydrogen (secondary N) is 2. The Morgan fingerprint density at radius 1 is 0.826 bits per heavy atom. The molecule has 6 nitrogen and oxygen atoms in total. The van der Waals surface area contributed by atoms with Crippen molar-refractivity contribution in [1.82, 2.24) is 0 Å². The van der Waals surface area contributed by atoms with Gasteiger partial charge in [0.25, 0.3) is 10.0 Å². The van der Waals surface area contributed by atoms with Gasteiger partial charge in [-0.05, 0) is 55.3 Å². The molecule has 0 bridgehead atoms. The number of rotatable bonds is 5. The van der Waals surface area contributed by atoms with Gasteiger partial charge in [-0.3, -0.25) is 9.44 Å². The van der Waals surface area contributed by atoms with Crippen molar-refractivity contribution >= 4 is 31.4 Å². The molecule has 0 aromatic heterocycles. The third kappa shape index (κ3) is 4.70. The van der Waals surface area contributed by atoms with Crippen LogP contribution in [-0.4, -0.2) is 23.1 Å². The Morgan fingerprint density at radius 3 is 2.00 bits per heavy atom. The molecule has 2 N–H and O–H groups in total. The molecular formula is C15H18N2O4S2. The van der Waals surface area contributed by atoms with Crippen LogP contribution in [0.25, 0.3) is 0 Å². The molecule has 23 heavy (non-hydrogen) atoms. The van der Waals surface area contributed by atoms with Crippen molar-refractivity contribution in [3.63, 3.8) is 0 Å². The number of hydrogen-bond donors (Lipinski definition) is 2. The molecule has 0 amide bonds. The molecule has 8 heteroatoms. The van der Waals surface area contributed by atoms with E-state index in [-0.39, 0.29) is 4.90 Å². The summed E-state index contributed by atoms with van der Waals surface area (Å²) in [6.45, 7) is 3.69. The zero-order valence-corrected chi connectivity index (χ0v) is 14.6.